The lowest BCUT2D eigenvalue weighted by Crippen LogP contribution is -2.51. The van der Waals surface area contributed by atoms with Crippen molar-refractivity contribution < 1.29 is 23.4 Å². The second-order valence-electron chi connectivity index (χ2n) is 15.9. The molecule has 4 N–H and O–H groups in total. The maximum absolute atomic E-state index is 15.4. The molecule has 2 unspecified atom stereocenters. The number of hydrogen-bond acceptors (Lipinski definition) is 10. The molecular formula is C44H49F2N7O3. The highest BCUT2D eigenvalue weighted by molar-refractivity contribution is 6.14. The van der Waals surface area contributed by atoms with Crippen LogP contribution in [-0.4, -0.2) is 95.9 Å². The summed E-state index contributed by atoms with van der Waals surface area (Å²) in [6.45, 7) is 6.28. The van der Waals surface area contributed by atoms with Gasteiger partial charge in [0.2, 0.25) is 0 Å². The number of benzene rings is 4. The molecule has 0 aliphatic carbocycles. The Morgan fingerprint density at radius 2 is 1.86 bits per heavy atom. The smallest absolute Gasteiger partial charge is 0.319 e. The standard InChI is InChI=1S/C44H49F2N7O3/c1-2-33-37(46)12-9-28-17-32(54)18-34(39(28)33)35-19-38-40(36(41(35)47)21-48-14-16-55-25-27-7-4-3-5-8-27)42(52-23-30-10-11-31(24-52)49-30)51-43(50-38)56-26-44-13-6-15-53(44)22-29(45)20-44/h3-5,7-9,12,17-19,21,29-31,49,54H,2,6,10-11,13-16,20,22-26,47H2,1H3/t29-,30?,31?,44+/m1/s1. The van der Waals surface area contributed by atoms with Crippen LogP contribution in [0.3, 0.4) is 0 Å². The minimum absolute atomic E-state index is 0.0400. The molecule has 56 heavy (non-hydrogen) atoms. The second-order valence-corrected chi connectivity index (χ2v) is 15.9. The van der Waals surface area contributed by atoms with Gasteiger partial charge in [-0.05, 0) is 90.4 Å². The zero-order valence-electron chi connectivity index (χ0n) is 31.8. The fourth-order valence-electron chi connectivity index (χ4n) is 9.67. The Morgan fingerprint density at radius 1 is 1.04 bits per heavy atom. The molecule has 0 radical (unpaired) electrons. The first-order valence-electron chi connectivity index (χ1n) is 20.0. The van der Waals surface area contributed by atoms with Gasteiger partial charge in [-0.25, -0.2) is 8.78 Å². The summed E-state index contributed by atoms with van der Waals surface area (Å²) >= 11 is 0. The first-order valence-corrected chi connectivity index (χ1v) is 20.0. The molecule has 4 aliphatic heterocycles. The largest absolute Gasteiger partial charge is 0.508 e. The van der Waals surface area contributed by atoms with Crippen molar-refractivity contribution in [2.75, 3.05) is 56.6 Å². The number of aromatic nitrogens is 2. The number of nitrogens with one attached hydrogen (secondary N) is 1. The van der Waals surface area contributed by atoms with E-state index < -0.39 is 6.17 Å². The number of anilines is 2. The Labute approximate surface area is 325 Å². The van der Waals surface area contributed by atoms with E-state index in [1.165, 1.54) is 6.07 Å². The lowest BCUT2D eigenvalue weighted by Gasteiger charge is -2.35. The molecule has 4 atom stereocenters. The molecule has 4 fully saturated rings. The number of alkyl halides is 1. The molecule has 4 aromatic carbocycles. The molecule has 292 valence electrons. The van der Waals surface area contributed by atoms with Crippen LogP contribution in [0.1, 0.15) is 55.7 Å². The molecule has 12 heteroatoms. The quantitative estimate of drug-likeness (QED) is 0.0704. The predicted molar refractivity (Wildman–Crippen MR) is 217 cm³/mol. The number of piperazine rings is 1. The number of nitrogen functional groups attached to an aromatic ring is 1. The number of aromatic hydroxyl groups is 1. The van der Waals surface area contributed by atoms with E-state index in [0.717, 1.165) is 56.3 Å². The van der Waals surface area contributed by atoms with Gasteiger partial charge in [-0.3, -0.25) is 9.89 Å². The van der Waals surface area contributed by atoms with Gasteiger partial charge in [0.25, 0.3) is 0 Å². The van der Waals surface area contributed by atoms with Gasteiger partial charge in [0, 0.05) is 61.2 Å². The minimum atomic E-state index is -0.880. The number of nitrogens with two attached hydrogens (primary N) is 1. The van der Waals surface area contributed by atoms with Crippen LogP contribution < -0.4 is 20.7 Å². The van der Waals surface area contributed by atoms with E-state index in [0.29, 0.717) is 108 Å². The average molecular weight is 762 g/mol. The molecule has 0 spiro atoms. The first-order chi connectivity index (χ1) is 27.3. The van der Waals surface area contributed by atoms with Crippen LogP contribution in [0.5, 0.6) is 11.8 Å². The highest BCUT2D eigenvalue weighted by Crippen LogP contribution is 2.44. The van der Waals surface area contributed by atoms with E-state index in [-0.39, 0.29) is 23.1 Å². The molecule has 5 heterocycles. The number of hydrogen-bond donors (Lipinski definition) is 3. The number of aliphatic imine (C=N–C) groups is 1. The number of aryl methyl sites for hydroxylation is 1. The van der Waals surface area contributed by atoms with Crippen molar-refractivity contribution in [3.8, 4) is 22.9 Å². The van der Waals surface area contributed by atoms with E-state index in [1.54, 1.807) is 24.4 Å². The number of phenols is 1. The molecule has 10 nitrogen and oxygen atoms in total. The maximum Gasteiger partial charge on any atom is 0.319 e. The number of fused-ring (bicyclic) bond motifs is 5. The Balaban J connectivity index is 1.18. The lowest BCUT2D eigenvalue weighted by atomic mass is 9.90. The number of phenolic OH excluding ortho intramolecular Hbond substituents is 1. The van der Waals surface area contributed by atoms with E-state index in [9.17, 15) is 9.50 Å². The van der Waals surface area contributed by atoms with Crippen LogP contribution in [0.2, 0.25) is 0 Å². The molecule has 0 saturated carbocycles. The van der Waals surface area contributed by atoms with Gasteiger partial charge >= 0.3 is 6.01 Å². The van der Waals surface area contributed by atoms with Crippen LogP contribution in [-0.2, 0) is 17.8 Å². The highest BCUT2D eigenvalue weighted by atomic mass is 19.1. The van der Waals surface area contributed by atoms with Crippen LogP contribution in [0.15, 0.2) is 65.7 Å². The van der Waals surface area contributed by atoms with Gasteiger partial charge < -0.3 is 30.5 Å². The fraction of sp³-hybridized carbons (Fsp3) is 0.432. The number of rotatable bonds is 12. The van der Waals surface area contributed by atoms with E-state index in [1.807, 2.05) is 43.3 Å². The zero-order valence-corrected chi connectivity index (χ0v) is 31.8. The van der Waals surface area contributed by atoms with E-state index in [4.69, 9.17) is 30.2 Å². The Kier molecular flexibility index (Phi) is 9.97. The summed E-state index contributed by atoms with van der Waals surface area (Å²) in [5, 5.41) is 16.9. The van der Waals surface area contributed by atoms with Crippen molar-refractivity contribution in [1.29, 1.82) is 0 Å². The molecule has 2 bridgehead atoms. The third-order valence-electron chi connectivity index (χ3n) is 12.3. The third kappa shape index (κ3) is 6.92. The molecule has 1 aromatic heterocycles. The average Bonchev–Trinajstić information content (AvgIpc) is 3.85. The fourth-order valence-corrected chi connectivity index (χ4v) is 9.67. The molecule has 4 saturated heterocycles. The van der Waals surface area contributed by atoms with Crippen LogP contribution in [0.4, 0.5) is 20.3 Å². The van der Waals surface area contributed by atoms with Crippen LogP contribution >= 0.6 is 0 Å². The highest BCUT2D eigenvalue weighted by Gasteiger charge is 2.49. The lowest BCUT2D eigenvalue weighted by molar-refractivity contribution is 0.107. The number of nitrogens with zero attached hydrogens (tertiary/aromatic N) is 5. The van der Waals surface area contributed by atoms with Gasteiger partial charge in [-0.1, -0.05) is 43.3 Å². The summed E-state index contributed by atoms with van der Waals surface area (Å²) < 4.78 is 42.7. The van der Waals surface area contributed by atoms with Crippen LogP contribution in [0.25, 0.3) is 32.8 Å². The van der Waals surface area contributed by atoms with E-state index in [2.05, 4.69) is 15.1 Å². The van der Waals surface area contributed by atoms with Crippen molar-refractivity contribution in [1.82, 2.24) is 20.2 Å². The summed E-state index contributed by atoms with van der Waals surface area (Å²) in [5.41, 5.74) is 11.3. The van der Waals surface area contributed by atoms with Crippen molar-refractivity contribution in [3.05, 3.63) is 83.2 Å². The summed E-state index contributed by atoms with van der Waals surface area (Å²) in [7, 11) is 0. The Hall–Kier alpha value is -4.91. The number of ether oxygens (including phenoxy) is 2. The van der Waals surface area contributed by atoms with Gasteiger partial charge in [0.15, 0.2) is 0 Å². The topological polar surface area (TPSA) is 121 Å². The molecule has 5 aromatic rings. The first kappa shape index (κ1) is 36.7. The molecule has 0 amide bonds. The maximum atomic E-state index is 15.4. The normalized spacial score (nSPS) is 23.6. The van der Waals surface area contributed by atoms with Crippen molar-refractivity contribution >= 4 is 39.4 Å². The van der Waals surface area contributed by atoms with Gasteiger partial charge in [-0.15, -0.1) is 0 Å². The van der Waals surface area contributed by atoms with E-state index >= 15 is 4.39 Å². The molecule has 9 rings (SSSR count). The summed E-state index contributed by atoms with van der Waals surface area (Å²) in [6, 6.07) is 19.2. The summed E-state index contributed by atoms with van der Waals surface area (Å²) in [5.74, 6) is 0.429. The molecule has 4 aliphatic rings. The van der Waals surface area contributed by atoms with Crippen molar-refractivity contribution in [3.63, 3.8) is 0 Å². The van der Waals surface area contributed by atoms with Crippen molar-refractivity contribution in [2.24, 2.45) is 4.99 Å². The Bertz CT molecular complexity index is 2280. The second kappa shape index (κ2) is 15.2. The predicted octanol–water partition coefficient (Wildman–Crippen LogP) is 6.97. The van der Waals surface area contributed by atoms with Gasteiger partial charge in [0.05, 0.1) is 36.2 Å². The third-order valence-corrected chi connectivity index (χ3v) is 12.3. The van der Waals surface area contributed by atoms with Gasteiger partial charge in [0.1, 0.15) is 30.2 Å². The number of halogens is 2. The summed E-state index contributed by atoms with van der Waals surface area (Å²) in [6.07, 6.45) is 5.82. The zero-order chi connectivity index (χ0) is 38.4. The monoisotopic (exact) mass is 761 g/mol. The molecular weight excluding hydrogens is 713 g/mol. The van der Waals surface area contributed by atoms with Crippen molar-refractivity contribution in [2.45, 2.75) is 75.8 Å². The summed E-state index contributed by atoms with van der Waals surface area (Å²) in [4.78, 5) is 19.5. The SMILES string of the molecule is CCc1c(F)ccc2cc(O)cc(-c3cc4nc(OC[C@@]56CCCN5C[C@H](F)C6)nc(N5CC6CCC(C5)N6)c4c(C=NCCOCc4ccccc4)c3N)c12. The minimum Gasteiger partial charge on any atom is -0.508 e. The van der Waals surface area contributed by atoms with Gasteiger partial charge in [-0.2, -0.15) is 9.97 Å². The van der Waals surface area contributed by atoms with Crippen LogP contribution in [0, 0.1) is 5.82 Å². The Morgan fingerprint density at radius 3 is 2.66 bits per heavy atom.